The number of aromatic nitrogens is 1. The highest BCUT2D eigenvalue weighted by Gasteiger charge is 2.28. The van der Waals surface area contributed by atoms with E-state index in [9.17, 15) is 14.4 Å². The first kappa shape index (κ1) is 25.0. The first-order valence-corrected chi connectivity index (χ1v) is 11.7. The average molecular weight is 492 g/mol. The average Bonchev–Trinajstić information content (AvgIpc) is 3.32. The summed E-state index contributed by atoms with van der Waals surface area (Å²) in [5.41, 5.74) is 3.00. The number of carbonyl (C=O) groups is 3. The lowest BCUT2D eigenvalue weighted by Gasteiger charge is -2.28. The first-order chi connectivity index (χ1) is 17.2. The molecule has 0 saturated heterocycles. The third kappa shape index (κ3) is 5.73. The molecule has 2 amide bonds. The number of oxazole rings is 1. The highest BCUT2D eigenvalue weighted by Crippen LogP contribution is 2.34. The van der Waals surface area contributed by atoms with Gasteiger partial charge < -0.3 is 19.2 Å². The number of nitrogens with zero attached hydrogens (tertiary/aromatic N) is 2. The molecule has 0 radical (unpaired) electrons. The zero-order valence-corrected chi connectivity index (χ0v) is 20.8. The van der Waals surface area contributed by atoms with Gasteiger partial charge in [-0.25, -0.2) is 4.98 Å². The van der Waals surface area contributed by atoms with E-state index in [1.54, 1.807) is 18.2 Å². The van der Waals surface area contributed by atoms with Crippen molar-refractivity contribution in [1.82, 2.24) is 10.3 Å². The molecule has 0 fully saturated rings. The van der Waals surface area contributed by atoms with Gasteiger partial charge in [0, 0.05) is 12.1 Å². The fraction of sp³-hybridized carbons (Fsp3) is 0.333. The molecule has 1 N–H and O–H groups in total. The minimum atomic E-state index is -0.343. The van der Waals surface area contributed by atoms with Crippen molar-refractivity contribution >= 4 is 23.3 Å². The van der Waals surface area contributed by atoms with Crippen LogP contribution in [0.3, 0.4) is 0 Å². The molecule has 1 aliphatic rings. The molecule has 0 saturated carbocycles. The van der Waals surface area contributed by atoms with E-state index >= 15 is 0 Å². The van der Waals surface area contributed by atoms with Crippen LogP contribution in [0.2, 0.25) is 0 Å². The number of aryl methyl sites for hydroxylation is 2. The molecule has 2 heterocycles. The van der Waals surface area contributed by atoms with E-state index in [2.05, 4.69) is 10.3 Å². The summed E-state index contributed by atoms with van der Waals surface area (Å²) < 4.78 is 16.7. The number of fused-ring (bicyclic) bond motifs is 1. The van der Waals surface area contributed by atoms with Crippen LogP contribution in [0.25, 0.3) is 0 Å². The van der Waals surface area contributed by atoms with Crippen LogP contribution in [0, 0.1) is 19.8 Å². The standard InChI is InChI=1S/C27H29N3O6/c1-16(2)11-28-27(33)20-13-36-25(29-20)12-30-21-10-19(6-8-24(21)35-15-26(30)32)22(31)14-34-23-7-5-17(3)9-18(23)4/h5-10,13,16H,11-12,14-15H2,1-4H3,(H,28,33). The van der Waals surface area contributed by atoms with Crippen molar-refractivity contribution in [1.29, 1.82) is 0 Å². The van der Waals surface area contributed by atoms with Crippen LogP contribution in [0.1, 0.15) is 51.7 Å². The van der Waals surface area contributed by atoms with Gasteiger partial charge >= 0.3 is 0 Å². The Hall–Kier alpha value is -4.14. The zero-order chi connectivity index (χ0) is 25.8. The Morgan fingerprint density at radius 2 is 1.97 bits per heavy atom. The number of rotatable bonds is 9. The van der Waals surface area contributed by atoms with Crippen molar-refractivity contribution in [3.63, 3.8) is 0 Å². The SMILES string of the molecule is Cc1ccc(OCC(=O)c2ccc3c(c2)N(Cc2nc(C(=O)NCC(C)C)co2)C(=O)CO3)c(C)c1. The Kier molecular flexibility index (Phi) is 7.38. The summed E-state index contributed by atoms with van der Waals surface area (Å²) in [7, 11) is 0. The minimum Gasteiger partial charge on any atom is -0.485 e. The maximum absolute atomic E-state index is 12.9. The fourth-order valence-electron chi connectivity index (χ4n) is 3.75. The smallest absolute Gasteiger partial charge is 0.273 e. The van der Waals surface area contributed by atoms with Gasteiger partial charge in [-0.05, 0) is 49.6 Å². The van der Waals surface area contributed by atoms with Crippen molar-refractivity contribution in [2.24, 2.45) is 5.92 Å². The van der Waals surface area contributed by atoms with Gasteiger partial charge in [0.25, 0.3) is 11.8 Å². The molecule has 1 aliphatic heterocycles. The highest BCUT2D eigenvalue weighted by molar-refractivity contribution is 6.02. The number of ether oxygens (including phenoxy) is 2. The molecule has 36 heavy (non-hydrogen) atoms. The van der Waals surface area contributed by atoms with Crippen molar-refractivity contribution in [3.8, 4) is 11.5 Å². The molecule has 0 unspecified atom stereocenters. The summed E-state index contributed by atoms with van der Waals surface area (Å²) >= 11 is 0. The van der Waals surface area contributed by atoms with Gasteiger partial charge in [0.15, 0.2) is 24.7 Å². The Morgan fingerprint density at radius 1 is 1.17 bits per heavy atom. The maximum Gasteiger partial charge on any atom is 0.273 e. The molecule has 9 heteroatoms. The van der Waals surface area contributed by atoms with Crippen LogP contribution in [-0.4, -0.2) is 42.3 Å². The van der Waals surface area contributed by atoms with E-state index in [1.165, 1.54) is 11.2 Å². The van der Waals surface area contributed by atoms with E-state index in [0.29, 0.717) is 35.2 Å². The summed E-state index contributed by atoms with van der Waals surface area (Å²) in [6.45, 7) is 8.10. The van der Waals surface area contributed by atoms with E-state index in [1.807, 2.05) is 45.9 Å². The third-order valence-electron chi connectivity index (χ3n) is 5.66. The van der Waals surface area contributed by atoms with Gasteiger partial charge in [0.2, 0.25) is 5.89 Å². The number of hydrogen-bond donors (Lipinski definition) is 1. The molecule has 3 aromatic rings. The van der Waals surface area contributed by atoms with Gasteiger partial charge in [-0.1, -0.05) is 31.5 Å². The number of Topliss-reactive ketones (excluding diaryl/α,β-unsaturated/α-hetero) is 1. The number of nitrogens with one attached hydrogen (secondary N) is 1. The molecule has 2 aromatic carbocycles. The van der Waals surface area contributed by atoms with Crippen LogP contribution in [0.4, 0.5) is 5.69 Å². The molecule has 1 aromatic heterocycles. The largest absolute Gasteiger partial charge is 0.485 e. The maximum atomic E-state index is 12.9. The molecule has 4 rings (SSSR count). The normalized spacial score (nSPS) is 12.8. The Balaban J connectivity index is 1.48. The van der Waals surface area contributed by atoms with Crippen molar-refractivity contribution in [2.45, 2.75) is 34.2 Å². The number of anilines is 1. The van der Waals surface area contributed by atoms with E-state index < -0.39 is 0 Å². The summed E-state index contributed by atoms with van der Waals surface area (Å²) in [5.74, 6) is 0.696. The predicted octanol–water partition coefficient (Wildman–Crippen LogP) is 3.86. The summed E-state index contributed by atoms with van der Waals surface area (Å²) in [4.78, 5) is 43.5. The second-order valence-electron chi connectivity index (χ2n) is 9.16. The number of hydrogen-bond acceptors (Lipinski definition) is 7. The summed E-state index contributed by atoms with van der Waals surface area (Å²) in [5, 5.41) is 2.78. The summed E-state index contributed by atoms with van der Waals surface area (Å²) in [6.07, 6.45) is 1.27. The molecule has 0 spiro atoms. The van der Waals surface area contributed by atoms with Gasteiger partial charge in [0.05, 0.1) is 5.69 Å². The monoisotopic (exact) mass is 491 g/mol. The minimum absolute atomic E-state index is 0.0106. The Morgan fingerprint density at radius 3 is 2.72 bits per heavy atom. The van der Waals surface area contributed by atoms with E-state index in [4.69, 9.17) is 13.9 Å². The quantitative estimate of drug-likeness (QED) is 0.453. The lowest BCUT2D eigenvalue weighted by Crippen LogP contribution is -2.38. The van der Waals surface area contributed by atoms with Crippen LogP contribution in [0.5, 0.6) is 11.5 Å². The lowest BCUT2D eigenvalue weighted by atomic mass is 10.1. The van der Waals surface area contributed by atoms with Gasteiger partial charge in [-0.3, -0.25) is 19.3 Å². The molecule has 9 nitrogen and oxygen atoms in total. The van der Waals surface area contributed by atoms with Gasteiger partial charge in [-0.2, -0.15) is 0 Å². The topological polar surface area (TPSA) is 111 Å². The Bertz CT molecular complexity index is 1300. The first-order valence-electron chi connectivity index (χ1n) is 11.7. The lowest BCUT2D eigenvalue weighted by molar-refractivity contribution is -0.121. The van der Waals surface area contributed by atoms with E-state index in [-0.39, 0.29) is 48.9 Å². The van der Waals surface area contributed by atoms with Crippen LogP contribution >= 0.6 is 0 Å². The van der Waals surface area contributed by atoms with Crippen molar-refractivity contribution < 1.29 is 28.3 Å². The van der Waals surface area contributed by atoms with E-state index in [0.717, 1.165) is 11.1 Å². The highest BCUT2D eigenvalue weighted by atomic mass is 16.5. The third-order valence-corrected chi connectivity index (χ3v) is 5.66. The van der Waals surface area contributed by atoms with Gasteiger partial charge in [0.1, 0.15) is 24.3 Å². The molecule has 188 valence electrons. The molecule has 0 bridgehead atoms. The number of carbonyl (C=O) groups excluding carboxylic acids is 3. The molecule has 0 atom stereocenters. The van der Waals surface area contributed by atoms with Gasteiger partial charge in [-0.15, -0.1) is 0 Å². The fourth-order valence-corrected chi connectivity index (χ4v) is 3.75. The molecular formula is C27H29N3O6. The van der Waals surface area contributed by atoms with Crippen LogP contribution in [0.15, 0.2) is 47.1 Å². The number of benzene rings is 2. The van der Waals surface area contributed by atoms with Crippen LogP contribution in [-0.2, 0) is 11.3 Å². The predicted molar refractivity (Wildman–Crippen MR) is 133 cm³/mol. The van der Waals surface area contributed by atoms with Crippen LogP contribution < -0.4 is 19.7 Å². The zero-order valence-electron chi connectivity index (χ0n) is 20.8. The number of ketones is 1. The molecule has 0 aliphatic carbocycles. The second kappa shape index (κ2) is 10.6. The Labute approximate surface area is 209 Å². The number of amides is 2. The second-order valence-corrected chi connectivity index (χ2v) is 9.16. The summed E-state index contributed by atoms with van der Waals surface area (Å²) in [6, 6.07) is 10.6. The van der Waals surface area contributed by atoms with Crippen molar-refractivity contribution in [3.05, 3.63) is 70.9 Å². The molecular weight excluding hydrogens is 462 g/mol. The van der Waals surface area contributed by atoms with Crippen molar-refractivity contribution in [2.75, 3.05) is 24.7 Å².